The van der Waals surface area contributed by atoms with Gasteiger partial charge in [-0.15, -0.1) is 0 Å². The van der Waals surface area contributed by atoms with Crippen molar-refractivity contribution in [3.63, 3.8) is 0 Å². The molecule has 1 aromatic carbocycles. The van der Waals surface area contributed by atoms with Crippen LogP contribution in [0.5, 0.6) is 0 Å². The van der Waals surface area contributed by atoms with Crippen molar-refractivity contribution in [1.82, 2.24) is 10.3 Å². The van der Waals surface area contributed by atoms with Crippen LogP contribution in [0.15, 0.2) is 22.6 Å². The van der Waals surface area contributed by atoms with E-state index in [2.05, 4.69) is 10.3 Å². The summed E-state index contributed by atoms with van der Waals surface area (Å²) in [6.07, 6.45) is 0. The second-order valence-electron chi connectivity index (χ2n) is 4.27. The van der Waals surface area contributed by atoms with Crippen molar-refractivity contribution in [2.75, 3.05) is 0 Å². The third-order valence-corrected chi connectivity index (χ3v) is 2.85. The van der Waals surface area contributed by atoms with E-state index in [0.717, 1.165) is 11.5 Å². The number of nitrogens with one attached hydrogen (secondary N) is 1. The van der Waals surface area contributed by atoms with Crippen molar-refractivity contribution in [1.29, 1.82) is 5.26 Å². The van der Waals surface area contributed by atoms with Gasteiger partial charge in [-0.05, 0) is 37.6 Å². The second kappa shape index (κ2) is 5.63. The lowest BCUT2D eigenvalue weighted by atomic mass is 10.1. The van der Waals surface area contributed by atoms with Gasteiger partial charge in [-0.3, -0.25) is 0 Å². The maximum atomic E-state index is 13.1. The van der Waals surface area contributed by atoms with E-state index in [9.17, 15) is 4.39 Å². The van der Waals surface area contributed by atoms with Crippen molar-refractivity contribution >= 4 is 0 Å². The van der Waals surface area contributed by atoms with Crippen LogP contribution in [-0.4, -0.2) is 4.98 Å². The summed E-state index contributed by atoms with van der Waals surface area (Å²) in [6, 6.07) is 6.16. The summed E-state index contributed by atoms with van der Waals surface area (Å²) >= 11 is 0. The first-order valence-electron chi connectivity index (χ1n) is 5.92. The zero-order chi connectivity index (χ0) is 13.8. The molecule has 0 saturated carbocycles. The highest BCUT2D eigenvalue weighted by molar-refractivity contribution is 5.37. The first-order chi connectivity index (χ1) is 9.10. The first-order valence-corrected chi connectivity index (χ1v) is 5.92. The molecule has 0 radical (unpaired) electrons. The van der Waals surface area contributed by atoms with Gasteiger partial charge in [0.25, 0.3) is 0 Å². The summed E-state index contributed by atoms with van der Waals surface area (Å²) < 4.78 is 18.5. The van der Waals surface area contributed by atoms with Crippen molar-refractivity contribution in [3.8, 4) is 6.07 Å². The molecule has 5 heteroatoms. The molecule has 0 fully saturated rings. The molecule has 1 aromatic heterocycles. The topological polar surface area (TPSA) is 61.9 Å². The molecule has 0 bridgehead atoms. The van der Waals surface area contributed by atoms with E-state index in [0.29, 0.717) is 30.1 Å². The molecule has 1 N–H and O–H groups in total. The highest BCUT2D eigenvalue weighted by Gasteiger charge is 2.07. The van der Waals surface area contributed by atoms with Gasteiger partial charge in [-0.2, -0.15) is 5.26 Å². The molecule has 19 heavy (non-hydrogen) atoms. The molecule has 0 aliphatic carbocycles. The predicted octanol–water partition coefficient (Wildman–Crippen LogP) is 2.59. The number of hydrogen-bond donors (Lipinski definition) is 1. The van der Waals surface area contributed by atoms with Gasteiger partial charge in [0.15, 0.2) is 0 Å². The molecular formula is C14H14FN3O. The normalized spacial score (nSPS) is 10.4. The minimum atomic E-state index is -0.349. The second-order valence-corrected chi connectivity index (χ2v) is 4.27. The predicted molar refractivity (Wildman–Crippen MR) is 67.6 cm³/mol. The molecule has 0 aliphatic rings. The smallest absolute Gasteiger partial charge is 0.208 e. The minimum Gasteiger partial charge on any atom is -0.444 e. The van der Waals surface area contributed by atoms with Crippen molar-refractivity contribution in [2.24, 2.45) is 0 Å². The van der Waals surface area contributed by atoms with Crippen molar-refractivity contribution in [2.45, 2.75) is 26.9 Å². The van der Waals surface area contributed by atoms with Crippen LogP contribution < -0.4 is 5.32 Å². The van der Waals surface area contributed by atoms with Crippen LogP contribution in [0, 0.1) is 31.0 Å². The minimum absolute atomic E-state index is 0.349. The fourth-order valence-electron chi connectivity index (χ4n) is 1.74. The van der Waals surface area contributed by atoms with Gasteiger partial charge in [0.1, 0.15) is 11.6 Å². The van der Waals surface area contributed by atoms with Gasteiger partial charge in [0, 0.05) is 6.54 Å². The molecule has 0 spiro atoms. The largest absolute Gasteiger partial charge is 0.444 e. The molecule has 2 rings (SSSR count). The number of hydrogen-bond acceptors (Lipinski definition) is 4. The lowest BCUT2D eigenvalue weighted by Crippen LogP contribution is -2.14. The molecule has 2 aromatic rings. The maximum absolute atomic E-state index is 13.1. The zero-order valence-corrected chi connectivity index (χ0v) is 10.8. The summed E-state index contributed by atoms with van der Waals surface area (Å²) in [5.74, 6) is 1.03. The average molecular weight is 259 g/mol. The van der Waals surface area contributed by atoms with Gasteiger partial charge in [-0.1, -0.05) is 0 Å². The lowest BCUT2D eigenvalue weighted by molar-refractivity contribution is 0.448. The Morgan fingerprint density at radius 1 is 1.37 bits per heavy atom. The van der Waals surface area contributed by atoms with E-state index in [1.54, 1.807) is 0 Å². The molecule has 0 saturated heterocycles. The van der Waals surface area contributed by atoms with Gasteiger partial charge in [0.2, 0.25) is 5.89 Å². The SMILES string of the molecule is Cc1nc(CNCc2cc(F)ccc2C#N)oc1C. The Bertz CT molecular complexity index is 609. The third-order valence-electron chi connectivity index (χ3n) is 2.85. The number of aryl methyl sites for hydroxylation is 2. The lowest BCUT2D eigenvalue weighted by Gasteiger charge is -2.05. The van der Waals surface area contributed by atoms with Gasteiger partial charge >= 0.3 is 0 Å². The number of oxazole rings is 1. The van der Waals surface area contributed by atoms with E-state index in [1.807, 2.05) is 19.9 Å². The molecule has 4 nitrogen and oxygen atoms in total. The van der Waals surface area contributed by atoms with Crippen LogP contribution in [0.25, 0.3) is 0 Å². The molecular weight excluding hydrogens is 245 g/mol. The van der Waals surface area contributed by atoms with E-state index >= 15 is 0 Å². The highest BCUT2D eigenvalue weighted by Crippen LogP contribution is 2.11. The summed E-state index contributed by atoms with van der Waals surface area (Å²) in [7, 11) is 0. The Kier molecular flexibility index (Phi) is 3.93. The fourth-order valence-corrected chi connectivity index (χ4v) is 1.74. The van der Waals surface area contributed by atoms with Crippen molar-refractivity contribution < 1.29 is 8.81 Å². The first kappa shape index (κ1) is 13.2. The maximum Gasteiger partial charge on any atom is 0.208 e. The van der Waals surface area contributed by atoms with E-state index in [4.69, 9.17) is 9.68 Å². The van der Waals surface area contributed by atoms with Gasteiger partial charge in [-0.25, -0.2) is 9.37 Å². The van der Waals surface area contributed by atoms with Crippen molar-refractivity contribution in [3.05, 3.63) is 52.5 Å². The molecule has 1 heterocycles. The highest BCUT2D eigenvalue weighted by atomic mass is 19.1. The summed E-state index contributed by atoms with van der Waals surface area (Å²) in [5.41, 5.74) is 1.96. The monoisotopic (exact) mass is 259 g/mol. The Labute approximate surface area is 110 Å². The van der Waals surface area contributed by atoms with Gasteiger partial charge < -0.3 is 9.73 Å². The number of nitrogens with zero attached hydrogens (tertiary/aromatic N) is 2. The number of benzene rings is 1. The quantitative estimate of drug-likeness (QED) is 0.916. The number of rotatable bonds is 4. The van der Waals surface area contributed by atoms with Crippen LogP contribution in [0.2, 0.25) is 0 Å². The zero-order valence-electron chi connectivity index (χ0n) is 10.8. The van der Waals surface area contributed by atoms with Crippen LogP contribution in [0.4, 0.5) is 4.39 Å². The summed E-state index contributed by atoms with van der Waals surface area (Å²) in [6.45, 7) is 4.56. The number of aromatic nitrogens is 1. The van der Waals surface area contributed by atoms with Crippen LogP contribution in [0.1, 0.15) is 28.5 Å². The van der Waals surface area contributed by atoms with Crippen LogP contribution >= 0.6 is 0 Å². The Hall–Kier alpha value is -2.19. The van der Waals surface area contributed by atoms with Gasteiger partial charge in [0.05, 0.1) is 23.9 Å². The van der Waals surface area contributed by atoms with E-state index in [1.165, 1.54) is 18.2 Å². The molecule has 0 atom stereocenters. The van der Waals surface area contributed by atoms with E-state index < -0.39 is 0 Å². The molecule has 0 unspecified atom stereocenters. The number of nitriles is 1. The third kappa shape index (κ3) is 3.18. The fraction of sp³-hybridized carbons (Fsp3) is 0.286. The Morgan fingerprint density at radius 3 is 2.79 bits per heavy atom. The van der Waals surface area contributed by atoms with E-state index in [-0.39, 0.29) is 5.82 Å². The van der Waals surface area contributed by atoms with Crippen LogP contribution in [-0.2, 0) is 13.1 Å². The summed E-state index contributed by atoms with van der Waals surface area (Å²) in [4.78, 5) is 4.23. The average Bonchev–Trinajstić information content (AvgIpc) is 2.69. The summed E-state index contributed by atoms with van der Waals surface area (Å²) in [5, 5.41) is 12.0. The molecule has 0 aliphatic heterocycles. The standard InChI is InChI=1S/C14H14FN3O/c1-9-10(2)19-14(18-9)8-17-7-12-5-13(15)4-3-11(12)6-16/h3-5,17H,7-8H2,1-2H3. The molecule has 0 amide bonds. The Morgan fingerprint density at radius 2 is 2.16 bits per heavy atom. The molecule has 98 valence electrons. The van der Waals surface area contributed by atoms with Crippen LogP contribution in [0.3, 0.4) is 0 Å². The number of halogens is 1. The Balaban J connectivity index is 1.99.